The first-order valence-corrected chi connectivity index (χ1v) is 10.8. The van der Waals surface area contributed by atoms with Crippen LogP contribution in [-0.4, -0.2) is 29.7 Å². The van der Waals surface area contributed by atoms with Gasteiger partial charge < -0.3 is 14.8 Å². The monoisotopic (exact) mass is 432 g/mol. The number of amides is 1. The van der Waals surface area contributed by atoms with Crippen LogP contribution >= 0.6 is 23.6 Å². The molecular formula is C21H24N2O4S2. The Balaban J connectivity index is 1.75. The summed E-state index contributed by atoms with van der Waals surface area (Å²) in [5.74, 6) is -0.246. The number of anilines is 1. The number of ether oxygens (including phenoxy) is 2. The van der Waals surface area contributed by atoms with E-state index in [4.69, 9.17) is 21.7 Å². The van der Waals surface area contributed by atoms with E-state index in [0.717, 1.165) is 24.8 Å². The van der Waals surface area contributed by atoms with Gasteiger partial charge in [0, 0.05) is 4.88 Å². The minimum absolute atomic E-state index is 0.0605. The zero-order chi connectivity index (χ0) is 21.0. The van der Waals surface area contributed by atoms with E-state index in [9.17, 15) is 9.59 Å². The molecule has 1 aromatic heterocycles. The summed E-state index contributed by atoms with van der Waals surface area (Å²) >= 11 is 6.82. The van der Waals surface area contributed by atoms with Crippen LogP contribution < -0.4 is 15.4 Å². The number of hydrogen-bond donors (Lipinski definition) is 2. The lowest BCUT2D eigenvalue weighted by molar-refractivity contribution is 0.0527. The largest absolute Gasteiger partial charge is 0.490 e. The summed E-state index contributed by atoms with van der Waals surface area (Å²) in [6.07, 6.45) is 2.75. The van der Waals surface area contributed by atoms with Gasteiger partial charge in [-0.05, 0) is 69.9 Å². The Morgan fingerprint density at radius 3 is 2.72 bits per heavy atom. The minimum Gasteiger partial charge on any atom is -0.490 e. The number of carbonyl (C=O) groups excluding carboxylic acids is 2. The number of carbonyl (C=O) groups is 2. The van der Waals surface area contributed by atoms with E-state index >= 15 is 0 Å². The molecule has 0 aliphatic heterocycles. The molecule has 3 rings (SSSR count). The SMILES string of the molecule is CCOC(=O)c1c(NC(=S)NC(=O)c2ccccc2OC(C)C)sc2c1CCC2. The molecule has 1 heterocycles. The highest BCUT2D eigenvalue weighted by Gasteiger charge is 2.28. The molecule has 0 bridgehead atoms. The van der Waals surface area contributed by atoms with Gasteiger partial charge in [-0.3, -0.25) is 10.1 Å². The first-order valence-electron chi connectivity index (χ1n) is 9.60. The molecule has 154 valence electrons. The van der Waals surface area contributed by atoms with Crippen molar-refractivity contribution in [3.05, 3.63) is 45.8 Å². The fourth-order valence-electron chi connectivity index (χ4n) is 3.23. The van der Waals surface area contributed by atoms with Crippen LogP contribution in [-0.2, 0) is 17.6 Å². The van der Waals surface area contributed by atoms with Crippen LogP contribution in [0.15, 0.2) is 24.3 Å². The average Bonchev–Trinajstić information content (AvgIpc) is 3.22. The Bertz CT molecular complexity index is 937. The summed E-state index contributed by atoms with van der Waals surface area (Å²) in [5.41, 5.74) is 1.95. The predicted octanol–water partition coefficient (Wildman–Crippen LogP) is 4.33. The maximum Gasteiger partial charge on any atom is 0.341 e. The van der Waals surface area contributed by atoms with Crippen molar-refractivity contribution in [3.63, 3.8) is 0 Å². The molecule has 0 saturated heterocycles. The third kappa shape index (κ3) is 4.94. The van der Waals surface area contributed by atoms with Crippen molar-refractivity contribution in [1.82, 2.24) is 5.32 Å². The van der Waals surface area contributed by atoms with Crippen LogP contribution in [0.1, 0.15) is 58.3 Å². The number of aryl methyl sites for hydroxylation is 1. The number of rotatable bonds is 6. The number of para-hydroxylation sites is 1. The lowest BCUT2D eigenvalue weighted by atomic mass is 10.1. The fourth-order valence-corrected chi connectivity index (χ4v) is 4.77. The predicted molar refractivity (Wildman–Crippen MR) is 118 cm³/mol. The van der Waals surface area contributed by atoms with Crippen LogP contribution in [0.25, 0.3) is 0 Å². The second-order valence-electron chi connectivity index (χ2n) is 6.85. The van der Waals surface area contributed by atoms with Gasteiger partial charge in [-0.1, -0.05) is 12.1 Å². The van der Waals surface area contributed by atoms with E-state index in [1.165, 1.54) is 16.2 Å². The lowest BCUT2D eigenvalue weighted by Gasteiger charge is -2.15. The van der Waals surface area contributed by atoms with Crippen LogP contribution in [0.4, 0.5) is 5.00 Å². The molecule has 0 atom stereocenters. The van der Waals surface area contributed by atoms with Gasteiger partial charge >= 0.3 is 5.97 Å². The number of esters is 1. The maximum atomic E-state index is 12.7. The molecular weight excluding hydrogens is 408 g/mol. The molecule has 0 unspecified atom stereocenters. The van der Waals surface area contributed by atoms with Crippen molar-refractivity contribution >= 4 is 45.5 Å². The summed E-state index contributed by atoms with van der Waals surface area (Å²) in [5, 5.41) is 6.43. The Labute approximate surface area is 179 Å². The van der Waals surface area contributed by atoms with Gasteiger partial charge in [0.1, 0.15) is 10.8 Å². The van der Waals surface area contributed by atoms with E-state index in [2.05, 4.69) is 10.6 Å². The highest BCUT2D eigenvalue weighted by Crippen LogP contribution is 2.39. The molecule has 8 heteroatoms. The number of thiophene rings is 1. The number of nitrogens with one attached hydrogen (secondary N) is 2. The highest BCUT2D eigenvalue weighted by atomic mass is 32.1. The molecule has 0 fully saturated rings. The second-order valence-corrected chi connectivity index (χ2v) is 8.37. The zero-order valence-electron chi connectivity index (χ0n) is 16.7. The molecule has 0 spiro atoms. The molecule has 29 heavy (non-hydrogen) atoms. The number of hydrogen-bond acceptors (Lipinski definition) is 6. The van der Waals surface area contributed by atoms with E-state index in [-0.39, 0.29) is 23.1 Å². The topological polar surface area (TPSA) is 76.7 Å². The quantitative estimate of drug-likeness (QED) is 0.523. The molecule has 1 aliphatic carbocycles. The van der Waals surface area contributed by atoms with Crippen molar-refractivity contribution in [3.8, 4) is 5.75 Å². The van der Waals surface area contributed by atoms with Crippen LogP contribution in [0.3, 0.4) is 0 Å². The molecule has 0 saturated carbocycles. The molecule has 0 radical (unpaired) electrons. The first kappa shape index (κ1) is 21.3. The molecule has 1 aliphatic rings. The normalized spacial score (nSPS) is 12.4. The second kappa shape index (κ2) is 9.37. The smallest absolute Gasteiger partial charge is 0.341 e. The summed E-state index contributed by atoms with van der Waals surface area (Å²) in [6.45, 7) is 5.87. The van der Waals surface area contributed by atoms with E-state index < -0.39 is 0 Å². The van der Waals surface area contributed by atoms with Gasteiger partial charge in [0.25, 0.3) is 5.91 Å². The van der Waals surface area contributed by atoms with Crippen molar-refractivity contribution < 1.29 is 19.1 Å². The summed E-state index contributed by atoms with van der Waals surface area (Å²) < 4.78 is 10.9. The minimum atomic E-state index is -0.375. The van der Waals surface area contributed by atoms with Gasteiger partial charge in [0.05, 0.1) is 23.8 Å². The third-order valence-corrected chi connectivity index (χ3v) is 5.76. The number of fused-ring (bicyclic) bond motifs is 1. The van der Waals surface area contributed by atoms with Crippen molar-refractivity contribution in [2.75, 3.05) is 11.9 Å². The standard InChI is InChI=1S/C21H24N2O4S2/c1-4-26-20(25)17-14-9-7-11-16(14)29-19(17)23-21(28)22-18(24)13-8-5-6-10-15(13)27-12(2)3/h5-6,8,10,12H,4,7,9,11H2,1-3H3,(H2,22,23,24,28). The van der Waals surface area contributed by atoms with Crippen molar-refractivity contribution in [2.24, 2.45) is 0 Å². The number of thiocarbonyl (C=S) groups is 1. The van der Waals surface area contributed by atoms with Crippen molar-refractivity contribution in [2.45, 2.75) is 46.1 Å². The van der Waals surface area contributed by atoms with Crippen LogP contribution in [0, 0.1) is 0 Å². The summed E-state index contributed by atoms with van der Waals surface area (Å²) in [7, 11) is 0. The zero-order valence-corrected chi connectivity index (χ0v) is 18.3. The molecule has 1 amide bonds. The Morgan fingerprint density at radius 2 is 2.00 bits per heavy atom. The first-order chi connectivity index (χ1) is 13.9. The molecule has 6 nitrogen and oxygen atoms in total. The van der Waals surface area contributed by atoms with E-state index in [1.807, 2.05) is 19.9 Å². The van der Waals surface area contributed by atoms with E-state index in [1.54, 1.807) is 25.1 Å². The lowest BCUT2D eigenvalue weighted by Crippen LogP contribution is -2.34. The van der Waals surface area contributed by atoms with Crippen LogP contribution in [0.5, 0.6) is 5.75 Å². The van der Waals surface area contributed by atoms with Gasteiger partial charge in [-0.15, -0.1) is 11.3 Å². The van der Waals surface area contributed by atoms with E-state index in [0.29, 0.717) is 28.5 Å². The van der Waals surface area contributed by atoms with Crippen molar-refractivity contribution in [1.29, 1.82) is 0 Å². The van der Waals surface area contributed by atoms with Gasteiger partial charge in [0.2, 0.25) is 0 Å². The molecule has 2 aromatic rings. The average molecular weight is 433 g/mol. The van der Waals surface area contributed by atoms with Crippen LogP contribution in [0.2, 0.25) is 0 Å². The summed E-state index contributed by atoms with van der Waals surface area (Å²) in [4.78, 5) is 26.3. The van der Waals surface area contributed by atoms with Gasteiger partial charge in [0.15, 0.2) is 5.11 Å². The third-order valence-electron chi connectivity index (χ3n) is 4.35. The fraction of sp³-hybridized carbons (Fsp3) is 0.381. The number of benzene rings is 1. The van der Waals surface area contributed by atoms with Gasteiger partial charge in [-0.25, -0.2) is 4.79 Å². The maximum absolute atomic E-state index is 12.7. The Hall–Kier alpha value is -2.45. The highest BCUT2D eigenvalue weighted by molar-refractivity contribution is 7.80. The Kier molecular flexibility index (Phi) is 6.87. The molecule has 2 N–H and O–H groups in total. The van der Waals surface area contributed by atoms with Gasteiger partial charge in [-0.2, -0.15) is 0 Å². The summed E-state index contributed by atoms with van der Waals surface area (Å²) in [6, 6.07) is 7.00. The Morgan fingerprint density at radius 1 is 1.24 bits per heavy atom. The molecule has 1 aromatic carbocycles.